The van der Waals surface area contributed by atoms with E-state index in [1.165, 1.54) is 11.4 Å². The monoisotopic (exact) mass is 340 g/mol. The number of benzene rings is 1. The summed E-state index contributed by atoms with van der Waals surface area (Å²) in [6, 6.07) is 6.45. The number of rotatable bonds is 5. The number of hydrogen-bond acceptors (Lipinski definition) is 6. The van der Waals surface area contributed by atoms with Gasteiger partial charge in [0.2, 0.25) is 16.8 Å². The number of primary amides is 1. The first-order chi connectivity index (χ1) is 10.5. The molecule has 1 aromatic carbocycles. The number of sulfonamides is 1. The molecule has 1 aliphatic rings. The highest BCUT2D eigenvalue weighted by atomic mass is 32.2. The van der Waals surface area contributed by atoms with Crippen LogP contribution >= 0.6 is 11.3 Å². The number of carbonyl (C=O) groups is 1. The SMILES string of the molecule is NC(=O)c1cc(S(=O)(=O)NCc2ccc3c(c2)OCO3)cs1. The number of nitrogens with two attached hydrogens (primary N) is 1. The second-order valence-corrected chi connectivity index (χ2v) is 7.20. The number of amides is 1. The number of ether oxygens (including phenoxy) is 2. The fourth-order valence-corrected chi connectivity index (χ4v) is 4.05. The Morgan fingerprint density at radius 1 is 1.27 bits per heavy atom. The molecular formula is C13H12N2O5S2. The van der Waals surface area contributed by atoms with Gasteiger partial charge in [0.15, 0.2) is 11.5 Å². The van der Waals surface area contributed by atoms with Crippen LogP contribution in [-0.4, -0.2) is 21.1 Å². The first-order valence-corrected chi connectivity index (χ1v) is 8.58. The fourth-order valence-electron chi connectivity index (χ4n) is 1.90. The lowest BCUT2D eigenvalue weighted by molar-refractivity contribution is 0.100. The predicted molar refractivity (Wildman–Crippen MR) is 79.4 cm³/mol. The summed E-state index contributed by atoms with van der Waals surface area (Å²) in [6.45, 7) is 0.260. The first kappa shape index (κ1) is 14.8. The summed E-state index contributed by atoms with van der Waals surface area (Å²) in [7, 11) is -3.70. The third-order valence-corrected chi connectivity index (χ3v) is 5.51. The highest BCUT2D eigenvalue weighted by Crippen LogP contribution is 2.32. The number of nitrogens with one attached hydrogen (secondary N) is 1. The van der Waals surface area contributed by atoms with E-state index in [4.69, 9.17) is 15.2 Å². The molecule has 0 unspecified atom stereocenters. The Bertz CT molecular complexity index is 829. The number of fused-ring (bicyclic) bond motifs is 1. The lowest BCUT2D eigenvalue weighted by Gasteiger charge is -2.06. The van der Waals surface area contributed by atoms with Crippen molar-refractivity contribution in [2.75, 3.05) is 6.79 Å². The van der Waals surface area contributed by atoms with Gasteiger partial charge in [0.05, 0.1) is 9.77 Å². The maximum atomic E-state index is 12.2. The van der Waals surface area contributed by atoms with Crippen molar-refractivity contribution in [1.82, 2.24) is 4.72 Å². The number of carbonyl (C=O) groups excluding carboxylic acids is 1. The Kier molecular flexibility index (Phi) is 3.77. The molecule has 116 valence electrons. The van der Waals surface area contributed by atoms with Crippen LogP contribution in [0.5, 0.6) is 11.5 Å². The van der Waals surface area contributed by atoms with E-state index >= 15 is 0 Å². The zero-order valence-corrected chi connectivity index (χ0v) is 12.9. The molecule has 0 radical (unpaired) electrons. The Morgan fingerprint density at radius 3 is 2.77 bits per heavy atom. The van der Waals surface area contributed by atoms with Crippen LogP contribution in [0.1, 0.15) is 15.2 Å². The molecule has 0 bridgehead atoms. The van der Waals surface area contributed by atoms with Crippen LogP contribution in [0.3, 0.4) is 0 Å². The molecule has 1 aliphatic heterocycles. The second-order valence-electron chi connectivity index (χ2n) is 4.52. The molecular weight excluding hydrogens is 328 g/mol. The fraction of sp³-hybridized carbons (Fsp3) is 0.154. The second kappa shape index (κ2) is 5.59. The Hall–Kier alpha value is -2.10. The van der Waals surface area contributed by atoms with E-state index in [0.717, 1.165) is 16.9 Å². The van der Waals surface area contributed by atoms with Gasteiger partial charge < -0.3 is 15.2 Å². The highest BCUT2D eigenvalue weighted by molar-refractivity contribution is 7.89. The molecule has 9 heteroatoms. The van der Waals surface area contributed by atoms with Crippen LogP contribution in [0.15, 0.2) is 34.5 Å². The maximum absolute atomic E-state index is 12.2. The summed E-state index contributed by atoms with van der Waals surface area (Å²) < 4.78 is 37.2. The molecule has 7 nitrogen and oxygen atoms in total. The molecule has 3 rings (SSSR count). The third-order valence-electron chi connectivity index (χ3n) is 3.03. The lowest BCUT2D eigenvalue weighted by Crippen LogP contribution is -2.22. The zero-order chi connectivity index (χ0) is 15.7. The van der Waals surface area contributed by atoms with Gasteiger partial charge in [-0.2, -0.15) is 0 Å². The largest absolute Gasteiger partial charge is 0.454 e. The van der Waals surface area contributed by atoms with Crippen LogP contribution in [0, 0.1) is 0 Å². The van der Waals surface area contributed by atoms with E-state index < -0.39 is 15.9 Å². The van der Waals surface area contributed by atoms with Crippen LogP contribution < -0.4 is 19.9 Å². The molecule has 1 aromatic heterocycles. The lowest BCUT2D eigenvalue weighted by atomic mass is 10.2. The smallest absolute Gasteiger partial charge is 0.258 e. The van der Waals surface area contributed by atoms with E-state index in [0.29, 0.717) is 11.5 Å². The molecule has 0 saturated carbocycles. The standard InChI is InChI=1S/C13H12N2O5S2/c14-13(16)12-4-9(6-21-12)22(17,18)15-5-8-1-2-10-11(3-8)20-7-19-10/h1-4,6,15H,5,7H2,(H2,14,16). The van der Waals surface area contributed by atoms with Crippen LogP contribution in [0.25, 0.3) is 0 Å². The molecule has 3 N–H and O–H groups in total. The molecule has 2 aromatic rings. The topological polar surface area (TPSA) is 108 Å². The van der Waals surface area contributed by atoms with Crippen molar-refractivity contribution in [1.29, 1.82) is 0 Å². The van der Waals surface area contributed by atoms with Crippen molar-refractivity contribution in [3.05, 3.63) is 40.1 Å². The van der Waals surface area contributed by atoms with Crippen LogP contribution in [-0.2, 0) is 16.6 Å². The molecule has 0 spiro atoms. The first-order valence-electron chi connectivity index (χ1n) is 6.22. The van der Waals surface area contributed by atoms with E-state index in [9.17, 15) is 13.2 Å². The summed E-state index contributed by atoms with van der Waals surface area (Å²) in [5, 5.41) is 1.38. The zero-order valence-electron chi connectivity index (χ0n) is 11.2. The molecule has 1 amide bonds. The van der Waals surface area contributed by atoms with Gasteiger partial charge in [-0.1, -0.05) is 6.07 Å². The summed E-state index contributed by atoms with van der Waals surface area (Å²) in [4.78, 5) is 11.2. The summed E-state index contributed by atoms with van der Waals surface area (Å²) in [5.41, 5.74) is 5.85. The third kappa shape index (κ3) is 2.91. The van der Waals surface area contributed by atoms with Gasteiger partial charge in [0.25, 0.3) is 5.91 Å². The average Bonchev–Trinajstić information content (AvgIpc) is 3.13. The molecule has 0 atom stereocenters. The summed E-state index contributed by atoms with van der Waals surface area (Å²) in [6.07, 6.45) is 0. The minimum Gasteiger partial charge on any atom is -0.454 e. The Labute approximate surface area is 130 Å². The maximum Gasteiger partial charge on any atom is 0.258 e. The minimum absolute atomic E-state index is 0.0204. The Morgan fingerprint density at radius 2 is 2.05 bits per heavy atom. The Balaban J connectivity index is 1.73. The summed E-state index contributed by atoms with van der Waals surface area (Å²) >= 11 is 0.992. The highest BCUT2D eigenvalue weighted by Gasteiger charge is 2.19. The van der Waals surface area contributed by atoms with Gasteiger partial charge in [0.1, 0.15) is 0 Å². The molecule has 0 saturated heterocycles. The average molecular weight is 340 g/mol. The van der Waals surface area contributed by atoms with Gasteiger partial charge in [-0.15, -0.1) is 11.3 Å². The minimum atomic E-state index is -3.70. The molecule has 0 fully saturated rings. The molecule has 2 heterocycles. The van der Waals surface area contributed by atoms with Crippen LogP contribution in [0.4, 0.5) is 0 Å². The van der Waals surface area contributed by atoms with Crippen molar-refractivity contribution in [2.24, 2.45) is 5.73 Å². The molecule has 0 aliphatic carbocycles. The quantitative estimate of drug-likeness (QED) is 0.846. The normalized spacial score (nSPS) is 13.3. The number of hydrogen-bond donors (Lipinski definition) is 2. The van der Waals surface area contributed by atoms with Gasteiger partial charge in [0, 0.05) is 11.9 Å². The van der Waals surface area contributed by atoms with Crippen molar-refractivity contribution >= 4 is 27.3 Å². The van der Waals surface area contributed by atoms with Crippen molar-refractivity contribution in [3.8, 4) is 11.5 Å². The van der Waals surface area contributed by atoms with Gasteiger partial charge >= 0.3 is 0 Å². The van der Waals surface area contributed by atoms with Crippen LogP contribution in [0.2, 0.25) is 0 Å². The van der Waals surface area contributed by atoms with E-state index in [1.807, 2.05) is 0 Å². The van der Waals surface area contributed by atoms with E-state index in [2.05, 4.69) is 4.72 Å². The van der Waals surface area contributed by atoms with Gasteiger partial charge in [-0.3, -0.25) is 4.79 Å². The van der Waals surface area contributed by atoms with E-state index in [-0.39, 0.29) is 23.1 Å². The van der Waals surface area contributed by atoms with Gasteiger partial charge in [-0.25, -0.2) is 13.1 Å². The number of thiophene rings is 1. The predicted octanol–water partition coefficient (Wildman–Crippen LogP) is 1.05. The molecule has 22 heavy (non-hydrogen) atoms. The van der Waals surface area contributed by atoms with Crippen molar-refractivity contribution in [2.45, 2.75) is 11.4 Å². The summed E-state index contributed by atoms with van der Waals surface area (Å²) in [5.74, 6) is 0.570. The van der Waals surface area contributed by atoms with Crippen molar-refractivity contribution in [3.63, 3.8) is 0 Å². The van der Waals surface area contributed by atoms with Crippen molar-refractivity contribution < 1.29 is 22.7 Å². The van der Waals surface area contributed by atoms with E-state index in [1.54, 1.807) is 18.2 Å². The van der Waals surface area contributed by atoms with Gasteiger partial charge in [-0.05, 0) is 23.8 Å².